The van der Waals surface area contributed by atoms with Crippen LogP contribution in [0.25, 0.3) is 22.1 Å². The van der Waals surface area contributed by atoms with Gasteiger partial charge >= 0.3 is 5.97 Å². The van der Waals surface area contributed by atoms with Crippen LogP contribution >= 0.6 is 0 Å². The molecular formula is C25H20O5. The molecule has 150 valence electrons. The van der Waals surface area contributed by atoms with Gasteiger partial charge in [0.05, 0.1) is 10.9 Å². The van der Waals surface area contributed by atoms with Gasteiger partial charge in [-0.1, -0.05) is 42.5 Å². The molecule has 4 rings (SSSR count). The Morgan fingerprint density at radius 3 is 2.57 bits per heavy atom. The summed E-state index contributed by atoms with van der Waals surface area (Å²) < 4.78 is 16.6. The largest absolute Gasteiger partial charge is 0.482 e. The summed E-state index contributed by atoms with van der Waals surface area (Å²) in [5.41, 5.74) is 3.46. The Kier molecular flexibility index (Phi) is 5.35. The Hall–Kier alpha value is -3.86. The fourth-order valence-corrected chi connectivity index (χ4v) is 3.15. The van der Waals surface area contributed by atoms with Crippen LogP contribution in [-0.4, -0.2) is 12.6 Å². The number of rotatable bonds is 5. The van der Waals surface area contributed by atoms with E-state index in [2.05, 4.69) is 0 Å². The van der Waals surface area contributed by atoms with E-state index in [1.54, 1.807) is 12.1 Å². The first-order chi connectivity index (χ1) is 14.5. The number of carbonyl (C=O) groups is 1. The minimum atomic E-state index is -0.543. The van der Waals surface area contributed by atoms with Gasteiger partial charge in [0.25, 0.3) is 0 Å². The van der Waals surface area contributed by atoms with Crippen LogP contribution in [0, 0.1) is 13.8 Å². The third kappa shape index (κ3) is 4.10. The number of fused-ring (bicyclic) bond motifs is 1. The fourth-order valence-electron chi connectivity index (χ4n) is 3.15. The van der Waals surface area contributed by atoms with Gasteiger partial charge in [-0.3, -0.25) is 4.79 Å². The molecule has 3 aromatic carbocycles. The molecule has 0 radical (unpaired) electrons. The van der Waals surface area contributed by atoms with E-state index in [1.165, 1.54) is 12.3 Å². The minimum absolute atomic E-state index is 0.140. The highest BCUT2D eigenvalue weighted by Crippen LogP contribution is 2.23. The Morgan fingerprint density at radius 2 is 1.77 bits per heavy atom. The molecule has 0 bridgehead atoms. The third-order valence-corrected chi connectivity index (χ3v) is 4.75. The molecule has 0 aliphatic heterocycles. The summed E-state index contributed by atoms with van der Waals surface area (Å²) in [6.45, 7) is 3.64. The van der Waals surface area contributed by atoms with Crippen molar-refractivity contribution in [3.8, 4) is 22.6 Å². The van der Waals surface area contributed by atoms with Gasteiger partial charge in [0.15, 0.2) is 12.0 Å². The number of hydrogen-bond acceptors (Lipinski definition) is 5. The first-order valence-corrected chi connectivity index (χ1v) is 9.53. The molecule has 0 fully saturated rings. The number of esters is 1. The zero-order valence-electron chi connectivity index (χ0n) is 16.7. The summed E-state index contributed by atoms with van der Waals surface area (Å²) in [4.78, 5) is 25.0. The summed E-state index contributed by atoms with van der Waals surface area (Å²) in [5, 5.41) is 0.419. The second-order valence-corrected chi connectivity index (χ2v) is 7.03. The Morgan fingerprint density at radius 1 is 0.967 bits per heavy atom. The van der Waals surface area contributed by atoms with Crippen molar-refractivity contribution in [1.82, 2.24) is 0 Å². The van der Waals surface area contributed by atoms with Gasteiger partial charge < -0.3 is 13.9 Å². The summed E-state index contributed by atoms with van der Waals surface area (Å²) >= 11 is 0. The van der Waals surface area contributed by atoms with Crippen LogP contribution in [-0.2, 0) is 4.79 Å². The molecule has 30 heavy (non-hydrogen) atoms. The summed E-state index contributed by atoms with van der Waals surface area (Å²) in [7, 11) is 0. The molecule has 0 atom stereocenters. The van der Waals surface area contributed by atoms with Gasteiger partial charge in [-0.05, 0) is 48.7 Å². The molecule has 5 nitrogen and oxygen atoms in total. The SMILES string of the molecule is Cc1ccc(C)c(OCC(=O)Oc2ccc3c(=O)c(-c4ccccc4)coc3c2)c1. The van der Waals surface area contributed by atoms with Crippen molar-refractivity contribution in [2.24, 2.45) is 0 Å². The van der Waals surface area contributed by atoms with Crippen molar-refractivity contribution < 1.29 is 18.7 Å². The molecule has 0 saturated heterocycles. The maximum Gasteiger partial charge on any atom is 0.349 e. The maximum absolute atomic E-state index is 12.8. The van der Waals surface area contributed by atoms with E-state index < -0.39 is 5.97 Å². The average molecular weight is 400 g/mol. The topological polar surface area (TPSA) is 65.7 Å². The molecule has 1 heterocycles. The molecule has 4 aromatic rings. The van der Waals surface area contributed by atoms with Crippen molar-refractivity contribution in [3.05, 3.63) is 94.3 Å². The van der Waals surface area contributed by atoms with E-state index in [0.717, 1.165) is 16.7 Å². The lowest BCUT2D eigenvalue weighted by atomic mass is 10.1. The number of ether oxygens (including phenoxy) is 2. The van der Waals surface area contributed by atoms with Crippen molar-refractivity contribution in [2.75, 3.05) is 6.61 Å². The average Bonchev–Trinajstić information content (AvgIpc) is 2.75. The van der Waals surface area contributed by atoms with Crippen molar-refractivity contribution in [3.63, 3.8) is 0 Å². The lowest BCUT2D eigenvalue weighted by molar-refractivity contribution is -0.136. The Balaban J connectivity index is 1.50. The Labute approximate surface area is 173 Å². The molecule has 0 saturated carbocycles. The smallest absolute Gasteiger partial charge is 0.349 e. The highest BCUT2D eigenvalue weighted by molar-refractivity contribution is 5.83. The lowest BCUT2D eigenvalue weighted by Gasteiger charge is -2.10. The van der Waals surface area contributed by atoms with Gasteiger partial charge in [-0.15, -0.1) is 0 Å². The van der Waals surface area contributed by atoms with E-state index in [0.29, 0.717) is 22.3 Å². The molecule has 0 unspecified atom stereocenters. The van der Waals surface area contributed by atoms with E-state index in [1.807, 2.05) is 62.4 Å². The van der Waals surface area contributed by atoms with Crippen LogP contribution < -0.4 is 14.9 Å². The normalized spacial score (nSPS) is 10.7. The monoisotopic (exact) mass is 400 g/mol. The molecule has 5 heteroatoms. The van der Waals surface area contributed by atoms with Gasteiger partial charge in [-0.25, -0.2) is 4.79 Å². The minimum Gasteiger partial charge on any atom is -0.482 e. The predicted molar refractivity (Wildman–Crippen MR) is 115 cm³/mol. The van der Waals surface area contributed by atoms with Crippen LogP contribution in [0.2, 0.25) is 0 Å². The van der Waals surface area contributed by atoms with Gasteiger partial charge in [0.1, 0.15) is 23.3 Å². The quantitative estimate of drug-likeness (QED) is 0.346. The zero-order valence-corrected chi connectivity index (χ0v) is 16.7. The maximum atomic E-state index is 12.8. The highest BCUT2D eigenvalue weighted by atomic mass is 16.6. The Bertz CT molecular complexity index is 1270. The molecule has 0 spiro atoms. The molecule has 0 N–H and O–H groups in total. The van der Waals surface area contributed by atoms with Crippen molar-refractivity contribution >= 4 is 16.9 Å². The van der Waals surface area contributed by atoms with E-state index >= 15 is 0 Å². The second-order valence-electron chi connectivity index (χ2n) is 7.03. The van der Waals surface area contributed by atoms with Crippen molar-refractivity contribution in [2.45, 2.75) is 13.8 Å². The van der Waals surface area contributed by atoms with E-state index in [9.17, 15) is 9.59 Å². The number of benzene rings is 3. The number of hydrogen-bond donors (Lipinski definition) is 0. The zero-order chi connectivity index (χ0) is 21.1. The van der Waals surface area contributed by atoms with Crippen molar-refractivity contribution in [1.29, 1.82) is 0 Å². The first-order valence-electron chi connectivity index (χ1n) is 9.53. The van der Waals surface area contributed by atoms with Crippen LogP contribution in [0.1, 0.15) is 11.1 Å². The van der Waals surface area contributed by atoms with Gasteiger partial charge in [0.2, 0.25) is 0 Å². The molecule has 0 amide bonds. The van der Waals surface area contributed by atoms with E-state index in [4.69, 9.17) is 13.9 Å². The van der Waals surface area contributed by atoms with Gasteiger partial charge in [0, 0.05) is 6.07 Å². The summed E-state index contributed by atoms with van der Waals surface area (Å²) in [6, 6.07) is 19.8. The molecular weight excluding hydrogens is 380 g/mol. The van der Waals surface area contributed by atoms with Gasteiger partial charge in [-0.2, -0.15) is 0 Å². The number of carbonyl (C=O) groups excluding carboxylic acids is 1. The molecule has 1 aromatic heterocycles. The van der Waals surface area contributed by atoms with Crippen LogP contribution in [0.3, 0.4) is 0 Å². The standard InChI is InChI=1S/C25H20O5/c1-16-8-9-17(2)22(12-16)29-15-24(26)30-19-10-11-20-23(13-19)28-14-21(25(20)27)18-6-4-3-5-7-18/h3-14H,15H2,1-2H3. The fraction of sp³-hybridized carbons (Fsp3) is 0.120. The lowest BCUT2D eigenvalue weighted by Crippen LogP contribution is -2.18. The van der Waals surface area contributed by atoms with Crippen LogP contribution in [0.5, 0.6) is 11.5 Å². The second kappa shape index (κ2) is 8.25. The van der Waals surface area contributed by atoms with Crippen LogP contribution in [0.15, 0.2) is 82.2 Å². The number of aryl methyl sites for hydroxylation is 2. The first kappa shape index (κ1) is 19.5. The molecule has 0 aliphatic rings. The van der Waals surface area contributed by atoms with E-state index in [-0.39, 0.29) is 17.8 Å². The summed E-state index contributed by atoms with van der Waals surface area (Å²) in [5.74, 6) is 0.385. The van der Waals surface area contributed by atoms with Crippen LogP contribution in [0.4, 0.5) is 0 Å². The summed E-state index contributed by atoms with van der Waals surface area (Å²) in [6.07, 6.45) is 1.43. The molecule has 0 aliphatic carbocycles. The predicted octanol–water partition coefficient (Wildman–Crippen LogP) is 5.06. The highest BCUT2D eigenvalue weighted by Gasteiger charge is 2.12. The third-order valence-electron chi connectivity index (χ3n) is 4.75.